The van der Waals surface area contributed by atoms with Crippen LogP contribution in [0, 0.1) is 0 Å². The van der Waals surface area contributed by atoms with E-state index in [0.717, 1.165) is 17.2 Å². The summed E-state index contributed by atoms with van der Waals surface area (Å²) in [6, 6.07) is 7.33. The Balaban J connectivity index is 1.41. The fourth-order valence-corrected chi connectivity index (χ4v) is 3.77. The molecule has 1 aromatic carbocycles. The summed E-state index contributed by atoms with van der Waals surface area (Å²) in [6.07, 6.45) is -0.207. The molecule has 3 heterocycles. The number of rotatable bonds is 3. The van der Waals surface area contributed by atoms with Crippen molar-refractivity contribution in [3.05, 3.63) is 46.5 Å². The first kappa shape index (κ1) is 18.2. The van der Waals surface area contributed by atoms with Crippen molar-refractivity contribution in [2.24, 2.45) is 0 Å². The minimum absolute atomic E-state index is 0.113. The first-order valence-electron chi connectivity index (χ1n) is 9.03. The number of carbonyl (C=O) groups is 1. The Morgan fingerprint density at radius 3 is 3.07 bits per heavy atom. The second kappa shape index (κ2) is 7.84. The normalized spacial score (nSPS) is 22.4. The zero-order valence-corrected chi connectivity index (χ0v) is 15.9. The third-order valence-corrected chi connectivity index (χ3v) is 5.22. The molecule has 9 heteroatoms. The van der Waals surface area contributed by atoms with Crippen LogP contribution in [0.2, 0.25) is 5.02 Å². The van der Waals surface area contributed by atoms with E-state index in [-0.39, 0.29) is 18.2 Å². The van der Waals surface area contributed by atoms with Crippen molar-refractivity contribution >= 4 is 17.6 Å². The number of benzene rings is 1. The highest BCUT2D eigenvalue weighted by atomic mass is 35.5. The van der Waals surface area contributed by atoms with Crippen LogP contribution in [0.5, 0.6) is 0 Å². The molecule has 0 radical (unpaired) electrons. The van der Waals surface area contributed by atoms with Gasteiger partial charge >= 0.3 is 6.03 Å². The van der Waals surface area contributed by atoms with Gasteiger partial charge in [0.2, 0.25) is 0 Å². The molecule has 0 bridgehead atoms. The number of carbonyl (C=O) groups excluding carboxylic acids is 1. The number of hydrogen-bond donors (Lipinski definition) is 1. The number of ether oxygens (including phenoxy) is 2. The summed E-state index contributed by atoms with van der Waals surface area (Å²) >= 11 is 6.10. The average Bonchev–Trinajstić information content (AvgIpc) is 3.09. The molecular formula is C18H22ClN5O3. The predicted octanol–water partition coefficient (Wildman–Crippen LogP) is 2.13. The van der Waals surface area contributed by atoms with Gasteiger partial charge < -0.3 is 24.3 Å². The summed E-state index contributed by atoms with van der Waals surface area (Å²) < 4.78 is 13.3. The maximum absolute atomic E-state index is 12.8. The van der Waals surface area contributed by atoms with Gasteiger partial charge in [-0.3, -0.25) is 0 Å². The topological polar surface area (TPSA) is 81.5 Å². The number of aromatic nitrogens is 3. The summed E-state index contributed by atoms with van der Waals surface area (Å²) in [5, 5.41) is 11.9. The third-order valence-electron chi connectivity index (χ3n) is 4.99. The lowest BCUT2D eigenvalue weighted by atomic mass is 10.0. The van der Waals surface area contributed by atoms with E-state index in [0.29, 0.717) is 44.5 Å². The highest BCUT2D eigenvalue weighted by Crippen LogP contribution is 2.29. The number of nitrogens with zero attached hydrogens (tertiary/aromatic N) is 4. The predicted molar refractivity (Wildman–Crippen MR) is 98.2 cm³/mol. The molecule has 2 aliphatic rings. The molecule has 0 saturated carbocycles. The Bertz CT molecular complexity index is 827. The van der Waals surface area contributed by atoms with Crippen molar-refractivity contribution in [1.82, 2.24) is 25.0 Å². The molecule has 4 rings (SSSR count). The molecule has 0 aliphatic carbocycles. The number of halogens is 1. The van der Waals surface area contributed by atoms with E-state index in [1.54, 1.807) is 4.90 Å². The SMILES string of the molecule is C[C@@H]1[C@@H](c2cccc(Cl)c2)OCCN1C(=O)NCc1nnc2n1CCOC2. The lowest BCUT2D eigenvalue weighted by Gasteiger charge is -2.39. The van der Waals surface area contributed by atoms with E-state index in [4.69, 9.17) is 21.1 Å². The molecule has 0 spiro atoms. The van der Waals surface area contributed by atoms with Crippen LogP contribution in [0.25, 0.3) is 0 Å². The van der Waals surface area contributed by atoms with Gasteiger partial charge in [0, 0.05) is 18.1 Å². The van der Waals surface area contributed by atoms with Gasteiger partial charge in [-0.15, -0.1) is 10.2 Å². The van der Waals surface area contributed by atoms with Gasteiger partial charge in [-0.2, -0.15) is 0 Å². The van der Waals surface area contributed by atoms with E-state index >= 15 is 0 Å². The van der Waals surface area contributed by atoms with Crippen molar-refractivity contribution in [1.29, 1.82) is 0 Å². The molecule has 0 unspecified atom stereocenters. The third kappa shape index (κ3) is 3.78. The van der Waals surface area contributed by atoms with Gasteiger partial charge in [0.15, 0.2) is 11.6 Å². The lowest BCUT2D eigenvalue weighted by Crippen LogP contribution is -2.52. The zero-order chi connectivity index (χ0) is 18.8. The quantitative estimate of drug-likeness (QED) is 0.866. The summed E-state index contributed by atoms with van der Waals surface area (Å²) in [7, 11) is 0. The largest absolute Gasteiger partial charge is 0.372 e. The minimum atomic E-state index is -0.207. The molecule has 1 aromatic heterocycles. The monoisotopic (exact) mass is 391 g/mol. The second-order valence-electron chi connectivity index (χ2n) is 6.68. The fourth-order valence-electron chi connectivity index (χ4n) is 3.57. The maximum Gasteiger partial charge on any atom is 0.318 e. The Morgan fingerprint density at radius 1 is 1.33 bits per heavy atom. The maximum atomic E-state index is 12.8. The number of urea groups is 1. The van der Waals surface area contributed by atoms with Crippen molar-refractivity contribution in [3.8, 4) is 0 Å². The smallest absolute Gasteiger partial charge is 0.318 e. The number of amides is 2. The fraction of sp³-hybridized carbons (Fsp3) is 0.500. The average molecular weight is 392 g/mol. The number of nitrogens with one attached hydrogen (secondary N) is 1. The Labute approximate surface area is 162 Å². The van der Waals surface area contributed by atoms with E-state index in [2.05, 4.69) is 15.5 Å². The molecular weight excluding hydrogens is 370 g/mol. The highest BCUT2D eigenvalue weighted by Gasteiger charge is 2.33. The zero-order valence-electron chi connectivity index (χ0n) is 15.1. The van der Waals surface area contributed by atoms with Crippen LogP contribution in [0.15, 0.2) is 24.3 Å². The van der Waals surface area contributed by atoms with E-state index < -0.39 is 0 Å². The molecule has 1 saturated heterocycles. The van der Waals surface area contributed by atoms with Crippen LogP contribution in [0.4, 0.5) is 4.79 Å². The van der Waals surface area contributed by atoms with Gasteiger partial charge in [-0.1, -0.05) is 23.7 Å². The van der Waals surface area contributed by atoms with Crippen LogP contribution in [0.3, 0.4) is 0 Å². The van der Waals surface area contributed by atoms with Crippen molar-refractivity contribution in [3.63, 3.8) is 0 Å². The van der Waals surface area contributed by atoms with E-state index in [1.807, 2.05) is 35.8 Å². The second-order valence-corrected chi connectivity index (χ2v) is 7.11. The van der Waals surface area contributed by atoms with Gasteiger partial charge in [0.25, 0.3) is 0 Å². The number of morpholine rings is 1. The molecule has 1 N–H and O–H groups in total. The molecule has 2 aliphatic heterocycles. The standard InChI is InChI=1S/C18H22ClN5O3/c1-12-17(13-3-2-4-14(19)9-13)27-8-6-23(12)18(25)20-10-15-21-22-16-11-26-7-5-24(15)16/h2-4,9,12,17H,5-8,10-11H2,1H3,(H,20,25)/t12-,17+/m1/s1. The molecule has 2 amide bonds. The summed E-state index contributed by atoms with van der Waals surface area (Å²) in [6.45, 7) is 5.13. The lowest BCUT2D eigenvalue weighted by molar-refractivity contribution is -0.0498. The van der Waals surface area contributed by atoms with Gasteiger partial charge in [0.1, 0.15) is 12.7 Å². The molecule has 8 nitrogen and oxygen atoms in total. The number of hydrogen-bond acceptors (Lipinski definition) is 5. The highest BCUT2D eigenvalue weighted by molar-refractivity contribution is 6.30. The Hall–Kier alpha value is -2.16. The van der Waals surface area contributed by atoms with Crippen molar-refractivity contribution < 1.29 is 14.3 Å². The molecule has 2 atom stereocenters. The van der Waals surface area contributed by atoms with Crippen LogP contribution in [0.1, 0.15) is 30.2 Å². The van der Waals surface area contributed by atoms with Crippen LogP contribution in [-0.4, -0.2) is 51.5 Å². The molecule has 27 heavy (non-hydrogen) atoms. The Morgan fingerprint density at radius 2 is 2.22 bits per heavy atom. The van der Waals surface area contributed by atoms with E-state index in [1.165, 1.54) is 0 Å². The molecule has 2 aromatic rings. The van der Waals surface area contributed by atoms with Crippen molar-refractivity contribution in [2.75, 3.05) is 19.8 Å². The van der Waals surface area contributed by atoms with Gasteiger partial charge in [-0.05, 0) is 24.6 Å². The number of fused-ring (bicyclic) bond motifs is 1. The first-order valence-corrected chi connectivity index (χ1v) is 9.41. The summed E-state index contributed by atoms with van der Waals surface area (Å²) in [5.74, 6) is 1.54. The molecule has 144 valence electrons. The van der Waals surface area contributed by atoms with Crippen LogP contribution in [-0.2, 0) is 29.2 Å². The Kier molecular flexibility index (Phi) is 5.29. The van der Waals surface area contributed by atoms with E-state index in [9.17, 15) is 4.79 Å². The first-order chi connectivity index (χ1) is 13.1. The van der Waals surface area contributed by atoms with Crippen molar-refractivity contribution in [2.45, 2.75) is 38.8 Å². The van der Waals surface area contributed by atoms with Crippen LogP contribution >= 0.6 is 11.6 Å². The summed E-state index contributed by atoms with van der Waals surface area (Å²) in [5.41, 5.74) is 0.971. The minimum Gasteiger partial charge on any atom is -0.372 e. The summed E-state index contributed by atoms with van der Waals surface area (Å²) in [4.78, 5) is 14.6. The van der Waals surface area contributed by atoms with Crippen LogP contribution < -0.4 is 5.32 Å². The van der Waals surface area contributed by atoms with Gasteiger partial charge in [-0.25, -0.2) is 4.79 Å². The van der Waals surface area contributed by atoms with Gasteiger partial charge in [0.05, 0.1) is 25.8 Å². The molecule has 1 fully saturated rings.